The summed E-state index contributed by atoms with van der Waals surface area (Å²) in [6.07, 6.45) is 1.46. The Kier molecular flexibility index (Phi) is 9.76. The van der Waals surface area contributed by atoms with Crippen molar-refractivity contribution in [3.05, 3.63) is 89.2 Å². The number of carbonyl (C=O) groups is 3. The average molecular weight is 651 g/mol. The number of hydrogen-bond acceptors (Lipinski definition) is 7. The van der Waals surface area contributed by atoms with Crippen LogP contribution in [0, 0.1) is 5.92 Å². The third kappa shape index (κ3) is 8.88. The number of halogens is 3. The van der Waals surface area contributed by atoms with Gasteiger partial charge in [0.05, 0.1) is 5.56 Å². The molecule has 9 nitrogen and oxygen atoms in total. The summed E-state index contributed by atoms with van der Waals surface area (Å²) >= 11 is 0. The number of aromatic nitrogens is 1. The van der Waals surface area contributed by atoms with Crippen LogP contribution < -0.4 is 14.8 Å². The van der Waals surface area contributed by atoms with E-state index in [1.807, 2.05) is 24.3 Å². The van der Waals surface area contributed by atoms with Crippen molar-refractivity contribution in [2.24, 2.45) is 5.92 Å². The van der Waals surface area contributed by atoms with Crippen LogP contribution in [0.3, 0.4) is 0 Å². The van der Waals surface area contributed by atoms with Gasteiger partial charge in [0.1, 0.15) is 23.3 Å². The maximum absolute atomic E-state index is 13.1. The average Bonchev–Trinajstić information content (AvgIpc) is 3.92. The summed E-state index contributed by atoms with van der Waals surface area (Å²) in [6.45, 7) is 3.11. The normalized spacial score (nSPS) is 18.1. The molecule has 1 aliphatic carbocycles. The molecule has 6 rings (SSSR count). The van der Waals surface area contributed by atoms with Crippen molar-refractivity contribution in [3.8, 4) is 11.5 Å². The molecule has 1 saturated carbocycles. The lowest BCUT2D eigenvalue weighted by Crippen LogP contribution is -2.44. The fourth-order valence-corrected chi connectivity index (χ4v) is 6.02. The number of ether oxygens (including phenoxy) is 2. The first-order valence-electron chi connectivity index (χ1n) is 16.0. The highest BCUT2D eigenvalue weighted by Gasteiger charge is 2.32. The Hall–Kier alpha value is -4.45. The summed E-state index contributed by atoms with van der Waals surface area (Å²) in [6, 6.07) is 16.4. The van der Waals surface area contributed by atoms with Crippen molar-refractivity contribution >= 4 is 17.6 Å². The van der Waals surface area contributed by atoms with Crippen LogP contribution in [0.2, 0.25) is 0 Å². The van der Waals surface area contributed by atoms with Gasteiger partial charge < -0.3 is 19.7 Å². The van der Waals surface area contributed by atoms with Crippen LogP contribution in [0.25, 0.3) is 0 Å². The Morgan fingerprint density at radius 2 is 1.43 bits per heavy atom. The molecule has 248 valence electrons. The van der Waals surface area contributed by atoms with Gasteiger partial charge in [0, 0.05) is 69.3 Å². The van der Waals surface area contributed by atoms with E-state index in [1.54, 1.807) is 29.2 Å². The minimum Gasteiger partial charge on any atom is -0.490 e. The van der Waals surface area contributed by atoms with E-state index in [1.165, 1.54) is 18.3 Å². The summed E-state index contributed by atoms with van der Waals surface area (Å²) in [5, 5.41) is 3.05. The largest absolute Gasteiger partial charge is 0.573 e. The second kappa shape index (κ2) is 14.1. The van der Waals surface area contributed by atoms with Gasteiger partial charge in [-0.1, -0.05) is 12.1 Å². The first kappa shape index (κ1) is 32.5. The molecule has 47 heavy (non-hydrogen) atoms. The number of nitrogens with one attached hydrogen (secondary N) is 1. The monoisotopic (exact) mass is 650 g/mol. The smallest absolute Gasteiger partial charge is 0.490 e. The van der Waals surface area contributed by atoms with E-state index >= 15 is 0 Å². The van der Waals surface area contributed by atoms with Crippen molar-refractivity contribution in [3.63, 3.8) is 0 Å². The molecule has 2 amide bonds. The third-order valence-corrected chi connectivity index (χ3v) is 8.85. The van der Waals surface area contributed by atoms with Gasteiger partial charge in [-0.25, -0.2) is 0 Å². The van der Waals surface area contributed by atoms with Gasteiger partial charge in [0.15, 0.2) is 5.78 Å². The van der Waals surface area contributed by atoms with Gasteiger partial charge in [0.2, 0.25) is 0 Å². The van der Waals surface area contributed by atoms with Crippen LogP contribution in [-0.2, 0) is 6.54 Å². The van der Waals surface area contributed by atoms with Crippen molar-refractivity contribution in [2.75, 3.05) is 26.2 Å². The van der Waals surface area contributed by atoms with Crippen LogP contribution in [0.1, 0.15) is 75.3 Å². The van der Waals surface area contributed by atoms with Crippen molar-refractivity contribution < 1.29 is 37.0 Å². The van der Waals surface area contributed by atoms with Crippen molar-refractivity contribution in [1.29, 1.82) is 0 Å². The predicted octanol–water partition coefficient (Wildman–Crippen LogP) is 5.65. The highest BCUT2D eigenvalue weighted by Crippen LogP contribution is 2.33. The highest BCUT2D eigenvalue weighted by atomic mass is 19.4. The summed E-state index contributed by atoms with van der Waals surface area (Å²) in [7, 11) is 0. The molecule has 3 fully saturated rings. The van der Waals surface area contributed by atoms with Crippen molar-refractivity contribution in [2.45, 2.75) is 63.6 Å². The third-order valence-electron chi connectivity index (χ3n) is 8.85. The zero-order chi connectivity index (χ0) is 33.0. The molecule has 12 heteroatoms. The Balaban J connectivity index is 0.909. The minimum atomic E-state index is -4.72. The van der Waals surface area contributed by atoms with Gasteiger partial charge >= 0.3 is 6.36 Å². The quantitative estimate of drug-likeness (QED) is 0.283. The molecule has 0 bridgehead atoms. The minimum absolute atomic E-state index is 0.0192. The lowest BCUT2D eigenvalue weighted by atomic mass is 10.0. The van der Waals surface area contributed by atoms with Crippen molar-refractivity contribution in [1.82, 2.24) is 20.1 Å². The Morgan fingerprint density at radius 3 is 2.02 bits per heavy atom. The fourth-order valence-electron chi connectivity index (χ4n) is 6.02. The molecule has 2 saturated heterocycles. The van der Waals surface area contributed by atoms with E-state index in [0.717, 1.165) is 55.6 Å². The topological polar surface area (TPSA) is 101 Å². The first-order valence-corrected chi connectivity index (χ1v) is 16.0. The number of carbonyl (C=O) groups excluding carboxylic acids is 3. The number of rotatable bonds is 10. The predicted molar refractivity (Wildman–Crippen MR) is 166 cm³/mol. The molecule has 3 aliphatic rings. The van der Waals surface area contributed by atoms with Crippen LogP contribution in [0.4, 0.5) is 13.2 Å². The van der Waals surface area contributed by atoms with Crippen LogP contribution in [0.15, 0.2) is 66.9 Å². The summed E-state index contributed by atoms with van der Waals surface area (Å²) < 4.78 is 47.2. The number of hydrogen-bond donors (Lipinski definition) is 1. The SMILES string of the molecule is O=C(NC1CCN(Cc2ccc(OC(F)(F)F)cc2)CC1)c1ccc(C(=O)N2CCC(Oc3ccc(C(=O)C4CC4)cc3)CC2)nc1. The lowest BCUT2D eigenvalue weighted by molar-refractivity contribution is -0.274. The Morgan fingerprint density at radius 1 is 0.787 bits per heavy atom. The number of Topliss-reactive ketones (excluding diaryl/α,β-unsaturated/α-hetero) is 1. The molecule has 2 aliphatic heterocycles. The molecule has 0 unspecified atom stereocenters. The summed E-state index contributed by atoms with van der Waals surface area (Å²) in [5.41, 5.74) is 2.26. The van der Waals surface area contributed by atoms with Gasteiger partial charge in [-0.15, -0.1) is 13.2 Å². The number of alkyl halides is 3. The molecule has 0 radical (unpaired) electrons. The number of benzene rings is 2. The second-order valence-electron chi connectivity index (χ2n) is 12.4. The van der Waals surface area contributed by atoms with E-state index in [4.69, 9.17) is 4.74 Å². The molecule has 2 aromatic carbocycles. The highest BCUT2D eigenvalue weighted by molar-refractivity contribution is 5.99. The van der Waals surface area contributed by atoms with Gasteiger partial charge in [-0.3, -0.25) is 24.3 Å². The molecule has 0 spiro atoms. The van der Waals surface area contributed by atoms with E-state index < -0.39 is 6.36 Å². The molecular formula is C35H37F3N4O5. The number of pyridine rings is 1. The maximum atomic E-state index is 13.1. The molecule has 3 aromatic rings. The summed E-state index contributed by atoms with van der Waals surface area (Å²) in [5.74, 6) is 0.420. The zero-order valence-corrected chi connectivity index (χ0v) is 25.9. The van der Waals surface area contributed by atoms with Crippen LogP contribution >= 0.6 is 0 Å². The molecule has 0 atom stereocenters. The molecular weight excluding hydrogens is 613 g/mol. The van der Waals surface area contributed by atoms with Gasteiger partial charge in [-0.05, 0) is 79.8 Å². The van der Waals surface area contributed by atoms with E-state index in [0.29, 0.717) is 38.0 Å². The number of ketones is 1. The number of amides is 2. The molecule has 3 heterocycles. The van der Waals surface area contributed by atoms with Gasteiger partial charge in [-0.2, -0.15) is 0 Å². The van der Waals surface area contributed by atoms with E-state index in [9.17, 15) is 27.6 Å². The fraction of sp³-hybridized carbons (Fsp3) is 0.429. The van der Waals surface area contributed by atoms with Crippen LogP contribution in [-0.4, -0.2) is 77.1 Å². The van der Waals surface area contributed by atoms with Crippen LogP contribution in [0.5, 0.6) is 11.5 Å². The maximum Gasteiger partial charge on any atom is 0.573 e. The Labute approximate surface area is 271 Å². The van der Waals surface area contributed by atoms with Gasteiger partial charge in [0.25, 0.3) is 11.8 Å². The standard InChI is InChI=1S/C35H37F3N4O5/c36-35(37,38)47-30-8-1-23(2-9-30)22-41-17-13-27(14-18-41)40-33(44)26-7-12-31(39-21-26)34(45)42-19-15-29(16-20-42)46-28-10-5-25(6-11-28)32(43)24-3-4-24/h1-2,5-12,21,24,27,29H,3-4,13-20,22H2,(H,40,44). The Bertz CT molecular complexity index is 1540. The number of piperidine rings is 2. The lowest BCUT2D eigenvalue weighted by Gasteiger charge is -2.32. The first-order chi connectivity index (χ1) is 22.6. The number of nitrogens with zero attached hydrogens (tertiary/aromatic N) is 3. The molecule has 1 aromatic heterocycles. The van der Waals surface area contributed by atoms with E-state index in [-0.39, 0.29) is 47.1 Å². The second-order valence-corrected chi connectivity index (χ2v) is 12.4. The zero-order valence-electron chi connectivity index (χ0n) is 25.9. The summed E-state index contributed by atoms with van der Waals surface area (Å²) in [4.78, 5) is 46.4. The van der Waals surface area contributed by atoms with E-state index in [2.05, 4.69) is 19.9 Å². The molecule has 1 N–H and O–H groups in total. The number of likely N-dealkylation sites (tertiary alicyclic amines) is 2.